The van der Waals surface area contributed by atoms with Gasteiger partial charge in [0.2, 0.25) is 0 Å². The molecule has 0 atom stereocenters. The number of benzene rings is 1. The zero-order chi connectivity index (χ0) is 9.71. The van der Waals surface area contributed by atoms with E-state index < -0.39 is 0 Å². The first-order chi connectivity index (χ1) is 6.77. The van der Waals surface area contributed by atoms with Gasteiger partial charge in [-0.05, 0) is 12.5 Å². The predicted octanol–water partition coefficient (Wildman–Crippen LogP) is 2.95. The number of aryl methyl sites for hydroxylation is 1. The van der Waals surface area contributed by atoms with Crippen molar-refractivity contribution < 1.29 is 4.79 Å². The highest BCUT2D eigenvalue weighted by molar-refractivity contribution is 6.35. The molecule has 2 nitrogen and oxygen atoms in total. The number of hydrogen-bond acceptors (Lipinski definition) is 1. The Morgan fingerprint density at radius 2 is 2.14 bits per heavy atom. The third kappa shape index (κ3) is 0.891. The van der Waals surface area contributed by atoms with Crippen LogP contribution in [-0.4, -0.2) is 10.8 Å². The average molecular weight is 206 g/mol. The first-order valence-corrected chi connectivity index (χ1v) is 4.97. The van der Waals surface area contributed by atoms with Crippen LogP contribution in [0.3, 0.4) is 0 Å². The number of fused-ring (bicyclic) bond motifs is 3. The van der Waals surface area contributed by atoms with Gasteiger partial charge < -0.3 is 4.98 Å². The van der Waals surface area contributed by atoms with Crippen molar-refractivity contribution in [3.8, 4) is 0 Å². The van der Waals surface area contributed by atoms with Gasteiger partial charge in [0.25, 0.3) is 0 Å². The van der Waals surface area contributed by atoms with E-state index in [0.29, 0.717) is 11.4 Å². The van der Waals surface area contributed by atoms with Gasteiger partial charge in [-0.25, -0.2) is 0 Å². The minimum absolute atomic E-state index is 0.230. The fourth-order valence-corrected chi connectivity index (χ4v) is 2.33. The Morgan fingerprint density at radius 1 is 1.29 bits per heavy atom. The predicted molar refractivity (Wildman–Crippen MR) is 56.0 cm³/mol. The number of aromatic nitrogens is 1. The molecule has 1 aliphatic carbocycles. The highest BCUT2D eigenvalue weighted by Gasteiger charge is 2.24. The third-order valence-corrected chi connectivity index (χ3v) is 3.06. The SMILES string of the molecule is O=C1CCc2[nH]c3c(Cl)cccc3c21. The van der Waals surface area contributed by atoms with Crippen molar-refractivity contribution in [1.82, 2.24) is 4.98 Å². The monoisotopic (exact) mass is 205 g/mol. The molecule has 0 spiro atoms. The molecular formula is C11H8ClNO. The lowest BCUT2D eigenvalue weighted by molar-refractivity contribution is 0.0996. The number of hydrogen-bond donors (Lipinski definition) is 1. The van der Waals surface area contributed by atoms with E-state index in [4.69, 9.17) is 11.6 Å². The summed E-state index contributed by atoms with van der Waals surface area (Å²) in [5.74, 6) is 0.230. The lowest BCUT2D eigenvalue weighted by Gasteiger charge is -1.94. The molecule has 0 radical (unpaired) electrons. The van der Waals surface area contributed by atoms with Gasteiger partial charge in [0.15, 0.2) is 5.78 Å². The number of nitrogens with one attached hydrogen (secondary N) is 1. The van der Waals surface area contributed by atoms with Crippen molar-refractivity contribution in [1.29, 1.82) is 0 Å². The molecule has 3 rings (SSSR count). The zero-order valence-electron chi connectivity index (χ0n) is 7.43. The van der Waals surface area contributed by atoms with E-state index in [1.165, 1.54) is 0 Å². The number of rotatable bonds is 0. The highest BCUT2D eigenvalue weighted by Crippen LogP contribution is 2.32. The second kappa shape index (κ2) is 2.61. The summed E-state index contributed by atoms with van der Waals surface area (Å²) < 4.78 is 0. The molecule has 3 heteroatoms. The smallest absolute Gasteiger partial charge is 0.165 e. The number of carbonyl (C=O) groups excluding carboxylic acids is 1. The van der Waals surface area contributed by atoms with Gasteiger partial charge in [-0.2, -0.15) is 0 Å². The first kappa shape index (κ1) is 8.06. The van der Waals surface area contributed by atoms with Gasteiger partial charge in [-0.15, -0.1) is 0 Å². The molecule has 70 valence electrons. The minimum Gasteiger partial charge on any atom is -0.357 e. The Kier molecular flexibility index (Phi) is 1.50. The Balaban J connectivity index is 2.47. The summed E-state index contributed by atoms with van der Waals surface area (Å²) in [4.78, 5) is 14.8. The largest absolute Gasteiger partial charge is 0.357 e. The van der Waals surface area contributed by atoms with Crippen LogP contribution in [0.4, 0.5) is 0 Å². The maximum absolute atomic E-state index is 11.6. The van der Waals surface area contributed by atoms with Crippen LogP contribution in [0.5, 0.6) is 0 Å². The lowest BCUT2D eigenvalue weighted by atomic mass is 10.1. The molecule has 0 unspecified atom stereocenters. The molecule has 0 saturated heterocycles. The van der Waals surface area contributed by atoms with E-state index in [-0.39, 0.29) is 5.78 Å². The highest BCUT2D eigenvalue weighted by atomic mass is 35.5. The molecule has 0 aliphatic heterocycles. The fourth-order valence-electron chi connectivity index (χ4n) is 2.10. The van der Waals surface area contributed by atoms with Crippen LogP contribution in [0.1, 0.15) is 22.5 Å². The van der Waals surface area contributed by atoms with Gasteiger partial charge in [0.05, 0.1) is 10.5 Å². The molecule has 0 fully saturated rings. The lowest BCUT2D eigenvalue weighted by Crippen LogP contribution is -1.89. The Bertz CT molecular complexity index is 541. The van der Waals surface area contributed by atoms with Gasteiger partial charge in [-0.1, -0.05) is 23.7 Å². The third-order valence-electron chi connectivity index (χ3n) is 2.74. The molecule has 1 aliphatic rings. The molecule has 0 amide bonds. The summed E-state index contributed by atoms with van der Waals surface area (Å²) in [7, 11) is 0. The maximum atomic E-state index is 11.6. The molecule has 1 aromatic carbocycles. The quantitative estimate of drug-likeness (QED) is 0.705. The summed E-state index contributed by atoms with van der Waals surface area (Å²) in [6.07, 6.45) is 1.45. The van der Waals surface area contributed by atoms with Crippen molar-refractivity contribution in [2.45, 2.75) is 12.8 Å². The van der Waals surface area contributed by atoms with Crippen molar-refractivity contribution in [2.75, 3.05) is 0 Å². The van der Waals surface area contributed by atoms with Crippen molar-refractivity contribution in [2.24, 2.45) is 0 Å². The minimum atomic E-state index is 0.230. The Morgan fingerprint density at radius 3 is 3.00 bits per heavy atom. The normalized spacial score (nSPS) is 15.1. The van der Waals surface area contributed by atoms with E-state index in [2.05, 4.69) is 4.98 Å². The summed E-state index contributed by atoms with van der Waals surface area (Å²) in [5, 5.41) is 1.65. The summed E-state index contributed by atoms with van der Waals surface area (Å²) >= 11 is 6.03. The van der Waals surface area contributed by atoms with E-state index in [1.807, 2.05) is 18.2 Å². The molecule has 1 N–H and O–H groups in total. The van der Waals surface area contributed by atoms with Crippen molar-refractivity contribution >= 4 is 28.3 Å². The van der Waals surface area contributed by atoms with Crippen molar-refractivity contribution in [3.05, 3.63) is 34.5 Å². The van der Waals surface area contributed by atoms with E-state index in [0.717, 1.165) is 28.6 Å². The van der Waals surface area contributed by atoms with Gasteiger partial charge in [-0.3, -0.25) is 4.79 Å². The van der Waals surface area contributed by atoms with E-state index in [9.17, 15) is 4.79 Å². The van der Waals surface area contributed by atoms with Gasteiger partial charge in [0.1, 0.15) is 0 Å². The van der Waals surface area contributed by atoms with Crippen LogP contribution < -0.4 is 0 Å². The van der Waals surface area contributed by atoms with Crippen LogP contribution in [0, 0.1) is 0 Å². The van der Waals surface area contributed by atoms with Crippen LogP contribution in [0.2, 0.25) is 5.02 Å². The Labute approximate surface area is 85.9 Å². The maximum Gasteiger partial charge on any atom is 0.165 e. The van der Waals surface area contributed by atoms with Crippen LogP contribution in [-0.2, 0) is 6.42 Å². The molecule has 14 heavy (non-hydrogen) atoms. The second-order valence-electron chi connectivity index (χ2n) is 3.56. The van der Waals surface area contributed by atoms with Crippen molar-refractivity contribution in [3.63, 3.8) is 0 Å². The average Bonchev–Trinajstić information content (AvgIpc) is 2.68. The molecule has 1 heterocycles. The molecule has 2 aromatic rings. The first-order valence-electron chi connectivity index (χ1n) is 4.59. The topological polar surface area (TPSA) is 32.9 Å². The van der Waals surface area contributed by atoms with E-state index >= 15 is 0 Å². The Hall–Kier alpha value is -1.28. The van der Waals surface area contributed by atoms with Crippen LogP contribution >= 0.6 is 11.6 Å². The summed E-state index contributed by atoms with van der Waals surface area (Å²) in [5.41, 5.74) is 2.79. The van der Waals surface area contributed by atoms with Crippen LogP contribution in [0.25, 0.3) is 10.9 Å². The van der Waals surface area contributed by atoms with Gasteiger partial charge in [0, 0.05) is 23.1 Å². The number of ketones is 1. The second-order valence-corrected chi connectivity index (χ2v) is 3.97. The molecule has 1 aromatic heterocycles. The van der Waals surface area contributed by atoms with Crippen LogP contribution in [0.15, 0.2) is 18.2 Å². The number of Topliss-reactive ketones (excluding diaryl/α,β-unsaturated/α-hetero) is 1. The summed E-state index contributed by atoms with van der Waals surface area (Å²) in [6, 6.07) is 5.66. The number of H-pyrrole nitrogens is 1. The number of para-hydroxylation sites is 1. The number of aromatic amines is 1. The molecule has 0 bridgehead atoms. The number of carbonyl (C=O) groups is 1. The molecular weight excluding hydrogens is 198 g/mol. The van der Waals surface area contributed by atoms with E-state index in [1.54, 1.807) is 0 Å². The summed E-state index contributed by atoms with van der Waals surface area (Å²) in [6.45, 7) is 0. The van der Waals surface area contributed by atoms with Gasteiger partial charge >= 0.3 is 0 Å². The number of halogens is 1. The standard InChI is InChI=1S/C11H8ClNO/c12-7-3-1-2-6-10-8(13-11(6)7)4-5-9(10)14/h1-3,13H,4-5H2. The zero-order valence-corrected chi connectivity index (χ0v) is 8.19. The fraction of sp³-hybridized carbons (Fsp3) is 0.182. The molecule has 0 saturated carbocycles.